The van der Waals surface area contributed by atoms with Gasteiger partial charge in [0.05, 0.1) is 50.0 Å². The molecule has 0 aliphatic carbocycles. The Morgan fingerprint density at radius 2 is 1.21 bits per heavy atom. The van der Waals surface area contributed by atoms with E-state index in [1.165, 1.54) is 6.07 Å². The molecule has 18 heteroatoms. The number of piperidine rings is 1. The number of hydrogen-bond acceptors (Lipinski definition) is 9. The molecular weight excluding hydrogens is 860 g/mol. The molecule has 6 heterocycles. The van der Waals surface area contributed by atoms with Crippen molar-refractivity contribution in [3.05, 3.63) is 108 Å². The fourth-order valence-electron chi connectivity index (χ4n) is 9.92. The van der Waals surface area contributed by atoms with E-state index in [0.29, 0.717) is 145 Å². The van der Waals surface area contributed by atoms with Crippen molar-refractivity contribution in [3.63, 3.8) is 0 Å². The Morgan fingerprint density at radius 1 is 0.657 bits per heavy atom. The molecule has 9 rings (SSSR count). The van der Waals surface area contributed by atoms with E-state index in [4.69, 9.17) is 9.47 Å². The summed E-state index contributed by atoms with van der Waals surface area (Å²) in [7, 11) is 0. The van der Waals surface area contributed by atoms with Crippen LogP contribution in [0, 0.1) is 5.82 Å². The zero-order valence-electron chi connectivity index (χ0n) is 37.6. The second-order valence-corrected chi connectivity index (χ2v) is 17.8. The molecule has 5 fully saturated rings. The Morgan fingerprint density at radius 3 is 1.79 bits per heavy atom. The third kappa shape index (κ3) is 10.4. The summed E-state index contributed by atoms with van der Waals surface area (Å²) in [5.74, 6) is -0.551. The number of nitrogens with one attached hydrogen (secondary N) is 4. The van der Waals surface area contributed by atoms with Gasteiger partial charge in [0, 0.05) is 64.0 Å². The number of morpholine rings is 2. The summed E-state index contributed by atoms with van der Waals surface area (Å²) in [4.78, 5) is 85.5. The average Bonchev–Trinajstić information content (AvgIpc) is 4.18. The van der Waals surface area contributed by atoms with Gasteiger partial charge in [0.15, 0.2) is 0 Å². The molecule has 0 unspecified atom stereocenters. The molecule has 0 radical (unpaired) electrons. The first-order valence-corrected chi connectivity index (χ1v) is 23.6. The number of hydrogen-bond donors (Lipinski definition) is 4. The van der Waals surface area contributed by atoms with Crippen LogP contribution in [0.4, 0.5) is 19.7 Å². The van der Waals surface area contributed by atoms with Crippen molar-refractivity contribution in [1.82, 2.24) is 45.5 Å². The number of ether oxygens (including phenoxy) is 2. The van der Waals surface area contributed by atoms with Crippen LogP contribution in [0.2, 0.25) is 0 Å². The van der Waals surface area contributed by atoms with Crippen LogP contribution in [0.5, 0.6) is 0 Å². The van der Waals surface area contributed by atoms with Crippen LogP contribution < -0.4 is 20.9 Å². The Hall–Kier alpha value is -6.53. The standard InChI is InChI=1S/C49H59FN10O7/c50-37-31-35(38-32-51-44(53-38)40-13-7-19-59(40)46(62)42(33-9-3-1-4-10-33)54-48(64)57-23-27-66-28-24-57)15-16-39(37)56-21-17-36(18-22-56)52-45(61)41-14-8-20-60(41)47(63)43(34-11-5-2-6-12-34)55-49(65)58-25-29-67-30-26-58/h1-6,9-12,15-16,31-32,36,40-43H,7-8,13-14,17-30H2,(H,51,53)(H,52,61)(H,54,64)(H,55,65)/t40-,41-,42+,43+/m0/s1. The van der Waals surface area contributed by atoms with Crippen molar-refractivity contribution in [2.45, 2.75) is 68.7 Å². The van der Waals surface area contributed by atoms with Crippen molar-refractivity contribution in [3.8, 4) is 11.3 Å². The number of carbonyl (C=O) groups is 5. The van der Waals surface area contributed by atoms with Gasteiger partial charge in [-0.2, -0.15) is 0 Å². The average molecular weight is 919 g/mol. The van der Waals surface area contributed by atoms with Gasteiger partial charge in [0.1, 0.15) is 29.8 Å². The number of H-pyrrole nitrogens is 1. The van der Waals surface area contributed by atoms with E-state index in [1.807, 2.05) is 59.5 Å². The van der Waals surface area contributed by atoms with Gasteiger partial charge in [-0.1, -0.05) is 66.7 Å². The second kappa shape index (κ2) is 21.0. The van der Waals surface area contributed by atoms with Gasteiger partial charge in [0.2, 0.25) is 11.8 Å². The minimum absolute atomic E-state index is 0.149. The molecule has 5 aliphatic rings. The number of amides is 7. The van der Waals surface area contributed by atoms with Crippen molar-refractivity contribution in [1.29, 1.82) is 0 Å². The van der Waals surface area contributed by atoms with Crippen LogP contribution in [0.3, 0.4) is 0 Å². The molecule has 1 aromatic heterocycles. The molecular formula is C49H59FN10O7. The van der Waals surface area contributed by atoms with Crippen LogP contribution in [0.15, 0.2) is 85.1 Å². The summed E-state index contributed by atoms with van der Waals surface area (Å²) >= 11 is 0. The third-order valence-electron chi connectivity index (χ3n) is 13.6. The minimum Gasteiger partial charge on any atom is -0.378 e. The lowest BCUT2D eigenvalue weighted by Crippen LogP contribution is -2.54. The van der Waals surface area contributed by atoms with Gasteiger partial charge >= 0.3 is 12.1 Å². The van der Waals surface area contributed by atoms with Gasteiger partial charge in [-0.15, -0.1) is 0 Å². The van der Waals surface area contributed by atoms with E-state index in [2.05, 4.69) is 25.9 Å². The van der Waals surface area contributed by atoms with Crippen LogP contribution in [0.1, 0.15) is 73.6 Å². The highest BCUT2D eigenvalue weighted by Crippen LogP contribution is 2.35. The summed E-state index contributed by atoms with van der Waals surface area (Å²) < 4.78 is 26.8. The summed E-state index contributed by atoms with van der Waals surface area (Å²) in [5, 5.41) is 9.11. The molecule has 67 heavy (non-hydrogen) atoms. The molecule has 7 amide bonds. The number of nitrogens with zero attached hydrogens (tertiary/aromatic N) is 6. The smallest absolute Gasteiger partial charge is 0.318 e. The van der Waals surface area contributed by atoms with E-state index in [9.17, 15) is 24.0 Å². The van der Waals surface area contributed by atoms with E-state index in [-0.39, 0.29) is 47.7 Å². The Labute approximate surface area is 389 Å². The number of halogens is 1. The number of likely N-dealkylation sites (tertiary alicyclic amines) is 2. The first kappa shape index (κ1) is 45.6. The Kier molecular flexibility index (Phi) is 14.3. The highest BCUT2D eigenvalue weighted by Gasteiger charge is 2.41. The summed E-state index contributed by atoms with van der Waals surface area (Å²) in [6.07, 6.45) is 5.49. The molecule has 4 N–H and O–H groups in total. The van der Waals surface area contributed by atoms with Crippen molar-refractivity contribution in [2.75, 3.05) is 83.7 Å². The quantitative estimate of drug-likeness (QED) is 0.168. The van der Waals surface area contributed by atoms with E-state index in [0.717, 1.165) is 6.42 Å². The Balaban J connectivity index is 0.802. The fraction of sp³-hybridized carbons (Fsp3) is 0.469. The number of aromatic amines is 1. The first-order valence-electron chi connectivity index (χ1n) is 23.6. The molecule has 4 aromatic rings. The van der Waals surface area contributed by atoms with Crippen LogP contribution in [0.25, 0.3) is 11.3 Å². The maximum Gasteiger partial charge on any atom is 0.318 e. The number of aromatic nitrogens is 2. The number of urea groups is 2. The molecule has 5 aliphatic heterocycles. The largest absolute Gasteiger partial charge is 0.378 e. The highest BCUT2D eigenvalue weighted by molar-refractivity contribution is 5.93. The highest BCUT2D eigenvalue weighted by atomic mass is 19.1. The number of rotatable bonds is 11. The number of imidazole rings is 1. The molecule has 354 valence electrons. The predicted octanol–water partition coefficient (Wildman–Crippen LogP) is 4.52. The van der Waals surface area contributed by atoms with E-state index in [1.54, 1.807) is 44.0 Å². The maximum absolute atomic E-state index is 16.0. The fourth-order valence-corrected chi connectivity index (χ4v) is 9.92. The number of anilines is 1. The Bertz CT molecular complexity index is 2370. The van der Waals surface area contributed by atoms with Crippen LogP contribution in [-0.4, -0.2) is 150 Å². The van der Waals surface area contributed by atoms with Gasteiger partial charge in [-0.25, -0.2) is 19.0 Å². The lowest BCUT2D eigenvalue weighted by molar-refractivity contribution is -0.140. The van der Waals surface area contributed by atoms with Crippen molar-refractivity contribution >= 4 is 35.5 Å². The zero-order valence-corrected chi connectivity index (χ0v) is 37.6. The topological polar surface area (TPSA) is 185 Å². The summed E-state index contributed by atoms with van der Waals surface area (Å²) in [6.45, 7) is 5.49. The third-order valence-corrected chi connectivity index (χ3v) is 13.6. The zero-order chi connectivity index (χ0) is 46.3. The first-order chi connectivity index (χ1) is 32.7. The van der Waals surface area contributed by atoms with Gasteiger partial charge < -0.3 is 54.9 Å². The van der Waals surface area contributed by atoms with Crippen LogP contribution in [-0.2, 0) is 23.9 Å². The van der Waals surface area contributed by atoms with Gasteiger partial charge in [-0.3, -0.25) is 14.4 Å². The molecule has 3 aromatic carbocycles. The van der Waals surface area contributed by atoms with Gasteiger partial charge in [-0.05, 0) is 61.8 Å². The molecule has 0 saturated carbocycles. The van der Waals surface area contributed by atoms with Crippen molar-refractivity contribution < 1.29 is 37.8 Å². The summed E-state index contributed by atoms with van der Waals surface area (Å²) in [6, 6.07) is 19.8. The van der Waals surface area contributed by atoms with E-state index >= 15 is 4.39 Å². The van der Waals surface area contributed by atoms with Crippen molar-refractivity contribution in [2.24, 2.45) is 0 Å². The lowest BCUT2D eigenvalue weighted by atomic mass is 10.0. The van der Waals surface area contributed by atoms with E-state index < -0.39 is 18.1 Å². The molecule has 4 atom stereocenters. The molecule has 5 saturated heterocycles. The second-order valence-electron chi connectivity index (χ2n) is 17.8. The lowest BCUT2D eigenvalue weighted by Gasteiger charge is -2.35. The molecule has 17 nitrogen and oxygen atoms in total. The van der Waals surface area contributed by atoms with Crippen LogP contribution >= 0.6 is 0 Å². The monoisotopic (exact) mass is 918 g/mol. The van der Waals surface area contributed by atoms with Gasteiger partial charge in [0.25, 0.3) is 5.91 Å². The molecule has 0 spiro atoms. The molecule has 0 bridgehead atoms. The normalized spacial score (nSPS) is 21.2. The number of benzene rings is 3. The minimum atomic E-state index is -0.945. The maximum atomic E-state index is 16.0. The summed E-state index contributed by atoms with van der Waals surface area (Å²) in [5.41, 5.74) is 3.03. The SMILES string of the molecule is O=C(NC1CCN(c2ccc(-c3cnc([C@@H]4CCCN4C(=O)[C@H](NC(=O)N4CCOCC4)c4ccccc4)[nH]3)cc2F)CC1)[C@@H]1CCCN1C(=O)[C@H](NC(=O)N1CCOCC1)c1ccccc1. The number of carbonyl (C=O) groups excluding carboxylic acids is 5. The predicted molar refractivity (Wildman–Crippen MR) is 246 cm³/mol.